The highest BCUT2D eigenvalue weighted by molar-refractivity contribution is 5.85. The number of ether oxygens (including phenoxy) is 1. The molecule has 1 rings (SSSR count). The number of carboxylic acids is 1. The molecule has 0 heterocycles. The first kappa shape index (κ1) is 21.8. The monoisotopic (exact) mass is 356 g/mol. The second kappa shape index (κ2) is 12.2. The molecule has 0 bridgehead atoms. The molecule has 4 atom stereocenters. The van der Waals surface area contributed by atoms with Crippen LogP contribution in [0.15, 0.2) is 12.2 Å². The van der Waals surface area contributed by atoms with Crippen LogP contribution in [0.4, 0.5) is 0 Å². The Hall–Kier alpha value is -1.24. The molecule has 1 aliphatic carbocycles. The minimum absolute atomic E-state index is 0.000357. The predicted molar refractivity (Wildman–Crippen MR) is 94.2 cm³/mol. The molecule has 1 fully saturated rings. The minimum Gasteiger partial charge on any atom is -0.481 e. The molecule has 0 amide bonds. The number of allylic oxidation sites excluding steroid dienone is 1. The van der Waals surface area contributed by atoms with Crippen LogP contribution in [0.2, 0.25) is 0 Å². The number of aliphatic carboxylic acids is 1. The third kappa shape index (κ3) is 8.61. The van der Waals surface area contributed by atoms with Gasteiger partial charge >= 0.3 is 5.97 Å². The fourth-order valence-electron chi connectivity index (χ4n) is 3.19. The first-order chi connectivity index (χ1) is 12.0. The lowest BCUT2D eigenvalue weighted by molar-refractivity contribution is -0.137. The summed E-state index contributed by atoms with van der Waals surface area (Å²) >= 11 is 0. The Balaban J connectivity index is 2.39. The normalized spacial score (nSPS) is 24.9. The van der Waals surface area contributed by atoms with Gasteiger partial charge in [-0.2, -0.15) is 0 Å². The van der Waals surface area contributed by atoms with Crippen molar-refractivity contribution in [2.24, 2.45) is 11.8 Å². The summed E-state index contributed by atoms with van der Waals surface area (Å²) in [6.07, 6.45) is 7.22. The van der Waals surface area contributed by atoms with Gasteiger partial charge in [0, 0.05) is 37.9 Å². The Labute approximate surface area is 149 Å². The van der Waals surface area contributed by atoms with E-state index in [9.17, 15) is 19.8 Å². The maximum atomic E-state index is 12.1. The summed E-state index contributed by atoms with van der Waals surface area (Å²) in [5, 5.41) is 28.6. The van der Waals surface area contributed by atoms with Gasteiger partial charge in [0.25, 0.3) is 0 Å². The summed E-state index contributed by atoms with van der Waals surface area (Å²) in [6.45, 7) is 2.85. The third-order valence-corrected chi connectivity index (χ3v) is 4.66. The Morgan fingerprint density at radius 1 is 1.32 bits per heavy atom. The maximum Gasteiger partial charge on any atom is 0.303 e. The van der Waals surface area contributed by atoms with E-state index in [4.69, 9.17) is 9.84 Å². The number of hydrogen-bond acceptors (Lipinski definition) is 5. The molecule has 1 aliphatic rings. The molecule has 0 spiro atoms. The average Bonchev–Trinajstić information content (AvgIpc) is 2.82. The van der Waals surface area contributed by atoms with E-state index in [-0.39, 0.29) is 30.5 Å². The summed E-state index contributed by atoms with van der Waals surface area (Å²) in [6, 6.07) is 0. The Morgan fingerprint density at radius 2 is 2.08 bits per heavy atom. The zero-order valence-corrected chi connectivity index (χ0v) is 15.1. The van der Waals surface area contributed by atoms with Gasteiger partial charge in [-0.25, -0.2) is 0 Å². The number of aliphatic hydroxyl groups excluding tert-OH is 2. The van der Waals surface area contributed by atoms with E-state index in [1.807, 2.05) is 0 Å². The molecule has 0 aromatic rings. The van der Waals surface area contributed by atoms with E-state index in [0.717, 1.165) is 19.3 Å². The Morgan fingerprint density at radius 3 is 2.76 bits per heavy atom. The number of rotatable bonds is 13. The standard InChI is InChI=1S/C19H32O6/c1-2-3-4-6-14(20)8-9-15-16(18(22)13-17(15)21)10-12-25-11-5-7-19(23)24/h8-9,14-16,18,20,22H,2-7,10-13H2,1H3,(H,23,24)/b9-8+/t14-,15?,16+,18-/m0/s1. The zero-order valence-electron chi connectivity index (χ0n) is 15.1. The fraction of sp³-hybridized carbons (Fsp3) is 0.789. The molecule has 1 unspecified atom stereocenters. The lowest BCUT2D eigenvalue weighted by Gasteiger charge is -2.19. The molecule has 0 aliphatic heterocycles. The highest BCUT2D eigenvalue weighted by Crippen LogP contribution is 2.33. The molecule has 0 aromatic heterocycles. The average molecular weight is 356 g/mol. The Bertz CT molecular complexity index is 434. The maximum absolute atomic E-state index is 12.1. The number of Topliss-reactive ketones (excluding diaryl/α,β-unsaturated/α-hetero) is 1. The van der Waals surface area contributed by atoms with Crippen molar-refractivity contribution in [3.05, 3.63) is 12.2 Å². The zero-order chi connectivity index (χ0) is 18.7. The second-order valence-electron chi connectivity index (χ2n) is 6.77. The van der Waals surface area contributed by atoms with Gasteiger partial charge in [0.05, 0.1) is 12.2 Å². The van der Waals surface area contributed by atoms with Crippen molar-refractivity contribution >= 4 is 11.8 Å². The summed E-state index contributed by atoms with van der Waals surface area (Å²) < 4.78 is 5.41. The van der Waals surface area contributed by atoms with Crippen LogP contribution in [0.3, 0.4) is 0 Å². The number of carboxylic acid groups (broad SMARTS) is 1. The van der Waals surface area contributed by atoms with Crippen LogP contribution in [0.5, 0.6) is 0 Å². The molecule has 1 saturated carbocycles. The number of ketones is 1. The summed E-state index contributed by atoms with van der Waals surface area (Å²) in [5.74, 6) is -1.42. The fourth-order valence-corrected chi connectivity index (χ4v) is 3.19. The van der Waals surface area contributed by atoms with Crippen molar-refractivity contribution in [2.45, 2.75) is 70.5 Å². The van der Waals surface area contributed by atoms with Crippen LogP contribution in [-0.4, -0.2) is 52.5 Å². The van der Waals surface area contributed by atoms with Crippen LogP contribution in [-0.2, 0) is 14.3 Å². The van der Waals surface area contributed by atoms with Gasteiger partial charge in [0.1, 0.15) is 5.78 Å². The van der Waals surface area contributed by atoms with Crippen molar-refractivity contribution in [2.75, 3.05) is 13.2 Å². The largest absolute Gasteiger partial charge is 0.481 e. The molecular weight excluding hydrogens is 324 g/mol. The van der Waals surface area contributed by atoms with Gasteiger partial charge < -0.3 is 20.1 Å². The van der Waals surface area contributed by atoms with Crippen LogP contribution in [0.25, 0.3) is 0 Å². The van der Waals surface area contributed by atoms with Crippen LogP contribution < -0.4 is 0 Å². The van der Waals surface area contributed by atoms with Crippen LogP contribution in [0, 0.1) is 11.8 Å². The number of aliphatic hydroxyl groups is 2. The number of hydrogen-bond donors (Lipinski definition) is 3. The quantitative estimate of drug-likeness (QED) is 0.346. The SMILES string of the molecule is CCCCC[C@H](O)/C=C/C1C(=O)C[C@H](O)[C@@H]1CCOCCCC(=O)O. The second-order valence-corrected chi connectivity index (χ2v) is 6.77. The molecule has 144 valence electrons. The molecular formula is C19H32O6. The number of carbonyl (C=O) groups is 2. The number of unbranched alkanes of at least 4 members (excludes halogenated alkanes) is 2. The molecule has 6 nitrogen and oxygen atoms in total. The van der Waals surface area contributed by atoms with E-state index in [1.165, 1.54) is 0 Å². The van der Waals surface area contributed by atoms with Gasteiger partial charge in [-0.15, -0.1) is 0 Å². The van der Waals surface area contributed by atoms with E-state index in [0.29, 0.717) is 32.5 Å². The van der Waals surface area contributed by atoms with E-state index >= 15 is 0 Å². The molecule has 0 radical (unpaired) electrons. The van der Waals surface area contributed by atoms with Gasteiger partial charge in [-0.05, 0) is 19.3 Å². The predicted octanol–water partition coefficient (Wildman–Crippen LogP) is 2.32. The highest BCUT2D eigenvalue weighted by Gasteiger charge is 2.39. The van der Waals surface area contributed by atoms with Gasteiger partial charge in [0.2, 0.25) is 0 Å². The van der Waals surface area contributed by atoms with E-state index in [1.54, 1.807) is 12.2 Å². The summed E-state index contributed by atoms with van der Waals surface area (Å²) in [7, 11) is 0. The van der Waals surface area contributed by atoms with Gasteiger partial charge in [-0.3, -0.25) is 9.59 Å². The topological polar surface area (TPSA) is 104 Å². The third-order valence-electron chi connectivity index (χ3n) is 4.66. The molecule has 25 heavy (non-hydrogen) atoms. The van der Waals surface area contributed by atoms with Crippen molar-refractivity contribution in [1.29, 1.82) is 0 Å². The lowest BCUT2D eigenvalue weighted by atomic mass is 9.90. The van der Waals surface area contributed by atoms with E-state index < -0.39 is 18.2 Å². The van der Waals surface area contributed by atoms with Crippen molar-refractivity contribution in [3.63, 3.8) is 0 Å². The highest BCUT2D eigenvalue weighted by atomic mass is 16.5. The molecule has 0 aromatic carbocycles. The number of carbonyl (C=O) groups excluding carboxylic acids is 1. The van der Waals surface area contributed by atoms with Crippen molar-refractivity contribution in [3.8, 4) is 0 Å². The van der Waals surface area contributed by atoms with Gasteiger partial charge in [-0.1, -0.05) is 38.3 Å². The first-order valence-corrected chi connectivity index (χ1v) is 9.32. The summed E-state index contributed by atoms with van der Waals surface area (Å²) in [5.41, 5.74) is 0. The summed E-state index contributed by atoms with van der Waals surface area (Å²) in [4.78, 5) is 22.5. The van der Waals surface area contributed by atoms with Crippen LogP contribution in [0.1, 0.15) is 58.3 Å². The van der Waals surface area contributed by atoms with Crippen LogP contribution >= 0.6 is 0 Å². The lowest BCUT2D eigenvalue weighted by Crippen LogP contribution is -2.21. The molecule has 0 saturated heterocycles. The van der Waals surface area contributed by atoms with Gasteiger partial charge in [0.15, 0.2) is 0 Å². The van der Waals surface area contributed by atoms with E-state index in [2.05, 4.69) is 6.92 Å². The molecule has 6 heteroatoms. The smallest absolute Gasteiger partial charge is 0.303 e. The first-order valence-electron chi connectivity index (χ1n) is 9.32. The Kier molecular flexibility index (Phi) is 10.6. The minimum atomic E-state index is -0.844. The van der Waals surface area contributed by atoms with Crippen molar-refractivity contribution < 1.29 is 29.6 Å². The van der Waals surface area contributed by atoms with Crippen molar-refractivity contribution in [1.82, 2.24) is 0 Å². The molecule has 3 N–H and O–H groups in total.